The SMILES string of the molecule is Cc1cc(N)nc(-c2c(Cl)cc3c(N4CCNC(CC#N)C4)nc(OC[C@@H]4C[C@@H](F)CN4C)nc3c2F)c1C(F)(F)F. The number of nitriles is 1. The minimum Gasteiger partial charge on any atom is -0.462 e. The first-order valence-electron chi connectivity index (χ1n) is 13.2. The highest BCUT2D eigenvalue weighted by Gasteiger charge is 2.39. The molecule has 224 valence electrons. The number of aryl methyl sites for hydroxylation is 1. The zero-order chi connectivity index (χ0) is 30.3. The molecule has 2 aliphatic rings. The molecule has 4 heterocycles. The second kappa shape index (κ2) is 11.6. The number of nitrogen functional groups attached to an aromatic ring is 1. The average molecular weight is 611 g/mol. The molecular weight excluding hydrogens is 583 g/mol. The monoisotopic (exact) mass is 610 g/mol. The molecule has 1 aromatic carbocycles. The summed E-state index contributed by atoms with van der Waals surface area (Å²) in [5, 5.41) is 12.2. The van der Waals surface area contributed by atoms with Gasteiger partial charge in [-0.15, -0.1) is 0 Å². The second-order valence-electron chi connectivity index (χ2n) is 10.6. The number of halogens is 6. The fourth-order valence-corrected chi connectivity index (χ4v) is 5.84. The summed E-state index contributed by atoms with van der Waals surface area (Å²) in [6.07, 6.45) is -5.46. The van der Waals surface area contributed by atoms with Crippen LogP contribution in [0.2, 0.25) is 5.02 Å². The highest BCUT2D eigenvalue weighted by molar-refractivity contribution is 6.34. The van der Waals surface area contributed by atoms with E-state index in [-0.39, 0.29) is 77.2 Å². The maximum absolute atomic E-state index is 16.4. The van der Waals surface area contributed by atoms with Crippen molar-refractivity contribution in [3.63, 3.8) is 0 Å². The van der Waals surface area contributed by atoms with E-state index in [1.165, 1.54) is 13.0 Å². The third-order valence-corrected chi connectivity index (χ3v) is 7.83. The lowest BCUT2D eigenvalue weighted by Crippen LogP contribution is -2.51. The normalized spacial score (nSPS) is 21.6. The van der Waals surface area contributed by atoms with Gasteiger partial charge in [0.2, 0.25) is 0 Å². The van der Waals surface area contributed by atoms with Crippen molar-refractivity contribution < 1.29 is 26.7 Å². The molecule has 3 N–H and O–H groups in total. The Bertz CT molecular complexity index is 1550. The number of hydrogen-bond donors (Lipinski definition) is 2. The molecule has 0 bridgehead atoms. The number of nitrogens with one attached hydrogen (secondary N) is 1. The zero-order valence-electron chi connectivity index (χ0n) is 22.8. The van der Waals surface area contributed by atoms with Crippen LogP contribution in [0.25, 0.3) is 22.2 Å². The van der Waals surface area contributed by atoms with Crippen molar-refractivity contribution in [1.29, 1.82) is 5.26 Å². The lowest BCUT2D eigenvalue weighted by molar-refractivity contribution is -0.137. The van der Waals surface area contributed by atoms with Crippen molar-refractivity contribution in [3.8, 4) is 23.3 Å². The molecule has 0 spiro atoms. The van der Waals surface area contributed by atoms with Gasteiger partial charge in [0.05, 0.1) is 34.3 Å². The molecule has 2 aliphatic heterocycles. The predicted molar refractivity (Wildman–Crippen MR) is 148 cm³/mol. The van der Waals surface area contributed by atoms with Gasteiger partial charge in [-0.3, -0.25) is 4.90 Å². The van der Waals surface area contributed by atoms with E-state index in [2.05, 4.69) is 26.3 Å². The number of aromatic nitrogens is 3. The van der Waals surface area contributed by atoms with Gasteiger partial charge in [0.25, 0.3) is 0 Å². The number of alkyl halides is 4. The quantitative estimate of drug-likeness (QED) is 0.389. The molecule has 0 amide bonds. The highest BCUT2D eigenvalue weighted by atomic mass is 35.5. The van der Waals surface area contributed by atoms with Gasteiger partial charge in [-0.05, 0) is 38.1 Å². The van der Waals surface area contributed by atoms with Gasteiger partial charge >= 0.3 is 12.2 Å². The van der Waals surface area contributed by atoms with Crippen molar-refractivity contribution >= 4 is 34.1 Å². The molecule has 2 saturated heterocycles. The predicted octanol–water partition coefficient (Wildman–Crippen LogP) is 4.51. The molecule has 3 aromatic rings. The second-order valence-corrected chi connectivity index (χ2v) is 11.0. The van der Waals surface area contributed by atoms with Crippen LogP contribution in [-0.2, 0) is 6.18 Å². The summed E-state index contributed by atoms with van der Waals surface area (Å²) in [5.74, 6) is -1.16. The molecule has 9 nitrogen and oxygen atoms in total. The smallest absolute Gasteiger partial charge is 0.418 e. The largest absolute Gasteiger partial charge is 0.462 e. The van der Waals surface area contributed by atoms with E-state index < -0.39 is 35.0 Å². The number of ether oxygens (including phenoxy) is 1. The molecule has 0 aliphatic carbocycles. The summed E-state index contributed by atoms with van der Waals surface area (Å²) in [6, 6.07) is 3.75. The summed E-state index contributed by atoms with van der Waals surface area (Å²) in [5.41, 5.74) is 2.65. The third-order valence-electron chi connectivity index (χ3n) is 7.53. The van der Waals surface area contributed by atoms with Crippen LogP contribution in [0.5, 0.6) is 6.01 Å². The molecule has 42 heavy (non-hydrogen) atoms. The number of likely N-dealkylation sites (N-methyl/N-ethyl adjacent to an activating group) is 1. The van der Waals surface area contributed by atoms with Crippen molar-refractivity contribution in [3.05, 3.63) is 34.1 Å². The maximum atomic E-state index is 16.4. The first-order valence-corrected chi connectivity index (χ1v) is 13.6. The lowest BCUT2D eigenvalue weighted by atomic mass is 9.99. The number of benzene rings is 1. The van der Waals surface area contributed by atoms with Gasteiger partial charge in [0.15, 0.2) is 5.82 Å². The lowest BCUT2D eigenvalue weighted by Gasteiger charge is -2.34. The first kappa shape index (κ1) is 29.9. The van der Waals surface area contributed by atoms with Gasteiger partial charge in [-0.2, -0.15) is 28.4 Å². The van der Waals surface area contributed by atoms with Gasteiger partial charge in [-0.1, -0.05) is 11.6 Å². The summed E-state index contributed by atoms with van der Waals surface area (Å²) in [7, 11) is 1.75. The Morgan fingerprint density at radius 3 is 2.67 bits per heavy atom. The van der Waals surface area contributed by atoms with E-state index in [9.17, 15) is 22.8 Å². The first-order chi connectivity index (χ1) is 19.9. The average Bonchev–Trinajstić information content (AvgIpc) is 3.23. The number of rotatable bonds is 6. The van der Waals surface area contributed by atoms with Crippen molar-refractivity contribution in [2.24, 2.45) is 0 Å². The molecule has 0 radical (unpaired) electrons. The van der Waals surface area contributed by atoms with E-state index in [4.69, 9.17) is 22.1 Å². The van der Waals surface area contributed by atoms with Crippen LogP contribution in [0.15, 0.2) is 12.1 Å². The Hall–Kier alpha value is -3.54. The number of hydrogen-bond acceptors (Lipinski definition) is 9. The summed E-state index contributed by atoms with van der Waals surface area (Å²) >= 11 is 6.49. The van der Waals surface area contributed by atoms with Crippen LogP contribution in [0.1, 0.15) is 24.0 Å². The van der Waals surface area contributed by atoms with Crippen molar-refractivity contribution in [2.45, 2.75) is 44.2 Å². The van der Waals surface area contributed by atoms with E-state index in [0.717, 1.165) is 6.07 Å². The van der Waals surface area contributed by atoms with Crippen LogP contribution in [0.3, 0.4) is 0 Å². The number of likely N-dealkylation sites (tertiary alicyclic amines) is 1. The van der Waals surface area contributed by atoms with Gasteiger partial charge in [-0.25, -0.2) is 13.8 Å². The summed E-state index contributed by atoms with van der Waals surface area (Å²) in [4.78, 5) is 16.2. The minimum atomic E-state index is -4.88. The van der Waals surface area contributed by atoms with Crippen LogP contribution >= 0.6 is 11.6 Å². The Balaban J connectivity index is 1.68. The molecule has 15 heteroatoms. The number of nitrogens with zero attached hydrogens (tertiary/aromatic N) is 6. The standard InChI is InChI=1S/C27H28ClF5N8O/c1-13-7-19(35)37-24(21(13)27(31,32)33)20-18(28)9-17-23(22(20)30)38-26(42-12-16-8-14(29)10-40(16)2)39-25(17)41-6-5-36-15(11-41)3-4-34/h7,9,14-16,36H,3,5-6,8,10-12H2,1-2H3,(H2,35,37)/t14-,15?,16+/m1/s1. The van der Waals surface area contributed by atoms with E-state index >= 15 is 4.39 Å². The van der Waals surface area contributed by atoms with E-state index in [0.29, 0.717) is 19.6 Å². The summed E-state index contributed by atoms with van der Waals surface area (Å²) < 4.78 is 78.5. The number of anilines is 2. The Kier molecular flexibility index (Phi) is 8.28. The van der Waals surface area contributed by atoms with Crippen LogP contribution in [-0.4, -0.2) is 77.9 Å². The number of piperazine rings is 1. The molecule has 5 rings (SSSR count). The number of pyridine rings is 1. The van der Waals surface area contributed by atoms with E-state index in [1.54, 1.807) is 11.9 Å². The molecule has 1 unspecified atom stereocenters. The third kappa shape index (κ3) is 5.86. The highest BCUT2D eigenvalue weighted by Crippen LogP contribution is 2.44. The Labute approximate surface area is 243 Å². The van der Waals surface area contributed by atoms with Gasteiger partial charge < -0.3 is 20.7 Å². The van der Waals surface area contributed by atoms with Crippen LogP contribution < -0.4 is 20.7 Å². The molecular formula is C27H28ClF5N8O. The van der Waals surface area contributed by atoms with Crippen LogP contribution in [0, 0.1) is 24.1 Å². The zero-order valence-corrected chi connectivity index (χ0v) is 23.5. The van der Waals surface area contributed by atoms with E-state index in [1.807, 2.05) is 4.90 Å². The molecule has 3 atom stereocenters. The molecule has 0 saturated carbocycles. The summed E-state index contributed by atoms with van der Waals surface area (Å²) in [6.45, 7) is 2.71. The Morgan fingerprint density at radius 2 is 2.00 bits per heavy atom. The Morgan fingerprint density at radius 1 is 1.24 bits per heavy atom. The fourth-order valence-electron chi connectivity index (χ4n) is 5.56. The number of nitrogens with two attached hydrogens (primary N) is 1. The van der Waals surface area contributed by atoms with Crippen molar-refractivity contribution in [2.75, 3.05) is 50.5 Å². The topological polar surface area (TPSA) is 116 Å². The van der Waals surface area contributed by atoms with Gasteiger partial charge in [0, 0.05) is 43.6 Å². The number of fused-ring (bicyclic) bond motifs is 1. The fraction of sp³-hybridized carbons (Fsp3) is 0.481. The maximum Gasteiger partial charge on any atom is 0.418 e. The molecule has 2 aromatic heterocycles. The minimum absolute atomic E-state index is 0.0107. The van der Waals surface area contributed by atoms with Gasteiger partial charge in [0.1, 0.15) is 29.9 Å². The van der Waals surface area contributed by atoms with Crippen LogP contribution in [0.4, 0.5) is 33.6 Å². The molecule has 2 fully saturated rings. The van der Waals surface area contributed by atoms with Crippen molar-refractivity contribution in [1.82, 2.24) is 25.2 Å².